The zero-order valence-electron chi connectivity index (χ0n) is 19.1. The molecule has 4 nitrogen and oxygen atoms in total. The molecule has 0 aromatic heterocycles. The van der Waals surface area contributed by atoms with E-state index in [1.807, 2.05) is 0 Å². The Hall–Kier alpha value is -2.58. The summed E-state index contributed by atoms with van der Waals surface area (Å²) in [5.74, 6) is -1.75. The van der Waals surface area contributed by atoms with Crippen molar-refractivity contribution in [1.29, 1.82) is 0 Å². The van der Waals surface area contributed by atoms with Gasteiger partial charge in [0.25, 0.3) is 0 Å². The first-order chi connectivity index (χ1) is 17.7. The predicted octanol–water partition coefficient (Wildman–Crippen LogP) is 6.28. The molecule has 2 aliphatic heterocycles. The van der Waals surface area contributed by atoms with Gasteiger partial charge in [-0.3, -0.25) is 0 Å². The molecule has 0 unspecified atom stereocenters. The van der Waals surface area contributed by atoms with E-state index < -0.39 is 83.4 Å². The molecule has 0 amide bonds. The molecule has 0 bridgehead atoms. The quantitative estimate of drug-likeness (QED) is 0.236. The van der Waals surface area contributed by atoms with Crippen molar-refractivity contribution >= 4 is 23.6 Å². The molecule has 2 aliphatic rings. The number of esters is 1. The topological polar surface area (TPSA) is 44.8 Å². The SMILES string of the molecule is CCOC(=O)CP12(OC(C(F)(F)F)(C(F)(F)F)c3ccccc31)OC(C(F)(F)F)(C(F)(F)F)c1ccccc12. The van der Waals surface area contributed by atoms with E-state index in [1.165, 1.54) is 0 Å². The van der Waals surface area contributed by atoms with E-state index in [9.17, 15) is 57.5 Å². The number of halogens is 12. The van der Waals surface area contributed by atoms with Crippen LogP contribution in [-0.4, -0.2) is 43.4 Å². The number of benzene rings is 2. The molecular weight excluding hydrogens is 587 g/mol. The van der Waals surface area contributed by atoms with Crippen LogP contribution in [0.4, 0.5) is 52.7 Å². The Kier molecular flexibility index (Phi) is 6.20. The molecule has 2 heterocycles. The molecule has 0 aliphatic carbocycles. The van der Waals surface area contributed by atoms with Gasteiger partial charge in [-0.15, -0.1) is 0 Å². The van der Waals surface area contributed by atoms with E-state index >= 15 is 0 Å². The number of carbonyl (C=O) groups excluding carboxylic acids is 1. The summed E-state index contributed by atoms with van der Waals surface area (Å²) >= 11 is 0. The van der Waals surface area contributed by atoms with E-state index in [0.717, 1.165) is 19.1 Å². The van der Waals surface area contributed by atoms with Gasteiger partial charge in [0.1, 0.15) is 0 Å². The van der Waals surface area contributed by atoms with Crippen LogP contribution >= 0.6 is 7.06 Å². The normalized spacial score (nSPS) is 22.0. The molecule has 1 spiro atoms. The third kappa shape index (κ3) is 3.49. The van der Waals surface area contributed by atoms with Crippen molar-refractivity contribution in [2.75, 3.05) is 12.8 Å². The van der Waals surface area contributed by atoms with Crippen molar-refractivity contribution < 1.29 is 71.3 Å². The van der Waals surface area contributed by atoms with E-state index in [4.69, 9.17) is 9.05 Å². The maximum atomic E-state index is 14.5. The fourth-order valence-electron chi connectivity index (χ4n) is 5.17. The Labute approximate surface area is 210 Å². The second kappa shape index (κ2) is 8.23. The van der Waals surface area contributed by atoms with Gasteiger partial charge in [0, 0.05) is 0 Å². The minimum atomic E-state index is -7.06. The summed E-state index contributed by atoms with van der Waals surface area (Å²) in [6.07, 6.45) is -28.0. The maximum absolute atomic E-state index is 14.5. The average molecular weight is 602 g/mol. The van der Waals surface area contributed by atoms with Gasteiger partial charge < -0.3 is 0 Å². The summed E-state index contributed by atoms with van der Waals surface area (Å²) in [6, 6.07) is 4.14. The standard InChI is InChI=1S/C22H15F12O4P/c1-2-36-16(35)11-39(14-9-5-3-7-12(14)17(37-39,19(23,24)25)20(26,27)28)15-10-6-4-8-13(15)18(38-39,21(29,30)31)22(32,33)34/h3-10H,2,11H2,1H3. The van der Waals surface area contributed by atoms with Crippen LogP contribution in [-0.2, 0) is 29.8 Å². The molecule has 2 aromatic rings. The van der Waals surface area contributed by atoms with Gasteiger partial charge in [0.15, 0.2) is 0 Å². The number of hydrogen-bond donors (Lipinski definition) is 0. The fourth-order valence-corrected chi connectivity index (χ4v) is 10.9. The second-order valence-electron chi connectivity index (χ2n) is 8.66. The van der Waals surface area contributed by atoms with Crippen LogP contribution in [0.2, 0.25) is 0 Å². The summed E-state index contributed by atoms with van der Waals surface area (Å²) in [6.45, 7) is 0.559. The Bertz CT molecular complexity index is 1190. The number of alkyl halides is 12. The van der Waals surface area contributed by atoms with Crippen molar-refractivity contribution in [2.24, 2.45) is 0 Å². The Morgan fingerprint density at radius 3 is 1.33 bits per heavy atom. The third-order valence-corrected chi connectivity index (χ3v) is 11.4. The number of hydrogen-bond acceptors (Lipinski definition) is 4. The molecule has 0 radical (unpaired) electrons. The van der Waals surface area contributed by atoms with E-state index in [1.54, 1.807) is 0 Å². The van der Waals surface area contributed by atoms with E-state index in [2.05, 4.69) is 4.74 Å². The Morgan fingerprint density at radius 1 is 0.692 bits per heavy atom. The molecule has 0 fully saturated rings. The number of fused-ring (bicyclic) bond motifs is 4. The van der Waals surface area contributed by atoms with Crippen LogP contribution in [0.3, 0.4) is 0 Å². The van der Waals surface area contributed by atoms with Crippen LogP contribution in [0.25, 0.3) is 0 Å². The molecule has 216 valence electrons. The second-order valence-corrected chi connectivity index (χ2v) is 12.6. The van der Waals surface area contributed by atoms with Gasteiger partial charge in [0.2, 0.25) is 0 Å². The summed E-state index contributed by atoms with van der Waals surface area (Å²) in [5.41, 5.74) is -14.7. The average Bonchev–Trinajstić information content (AvgIpc) is 3.21. The number of ether oxygens (including phenoxy) is 1. The van der Waals surface area contributed by atoms with Crippen molar-refractivity contribution in [1.82, 2.24) is 0 Å². The van der Waals surface area contributed by atoms with Crippen LogP contribution in [0.15, 0.2) is 48.5 Å². The van der Waals surface area contributed by atoms with Gasteiger partial charge in [-0.2, -0.15) is 0 Å². The first-order valence-electron chi connectivity index (χ1n) is 10.7. The first kappa shape index (κ1) is 29.4. The monoisotopic (exact) mass is 602 g/mol. The fraction of sp³-hybridized carbons (Fsp3) is 0.409. The van der Waals surface area contributed by atoms with Crippen molar-refractivity contribution in [3.8, 4) is 0 Å². The molecule has 0 saturated carbocycles. The zero-order valence-corrected chi connectivity index (χ0v) is 20.0. The third-order valence-electron chi connectivity index (χ3n) is 6.52. The van der Waals surface area contributed by atoms with Crippen molar-refractivity contribution in [3.05, 3.63) is 59.7 Å². The van der Waals surface area contributed by atoms with Crippen molar-refractivity contribution in [2.45, 2.75) is 42.8 Å². The molecule has 2 aromatic carbocycles. The molecule has 17 heteroatoms. The first-order valence-corrected chi connectivity index (χ1v) is 13.0. The minimum absolute atomic E-state index is 0.204. The Balaban J connectivity index is 2.30. The van der Waals surface area contributed by atoms with Gasteiger partial charge in [0.05, 0.1) is 0 Å². The Morgan fingerprint density at radius 2 is 1.03 bits per heavy atom. The molecule has 0 saturated heterocycles. The summed E-state index contributed by atoms with van der Waals surface area (Å²) in [7, 11) is -7.06. The van der Waals surface area contributed by atoms with Gasteiger partial charge in [-0.05, 0) is 0 Å². The van der Waals surface area contributed by atoms with E-state index in [0.29, 0.717) is 24.3 Å². The van der Waals surface area contributed by atoms with Crippen LogP contribution in [0.1, 0.15) is 18.1 Å². The van der Waals surface area contributed by atoms with Crippen molar-refractivity contribution in [3.63, 3.8) is 0 Å². The summed E-state index contributed by atoms with van der Waals surface area (Å²) < 4.78 is 188. The summed E-state index contributed by atoms with van der Waals surface area (Å²) in [5, 5.41) is -2.82. The molecular formula is C22H15F12O4P. The van der Waals surface area contributed by atoms with Crippen LogP contribution in [0.5, 0.6) is 0 Å². The van der Waals surface area contributed by atoms with Gasteiger partial charge >= 0.3 is 210 Å². The number of rotatable bonds is 3. The summed E-state index contributed by atoms with van der Waals surface area (Å²) in [4.78, 5) is 12.7. The predicted molar refractivity (Wildman–Crippen MR) is 110 cm³/mol. The molecule has 0 N–H and O–H groups in total. The number of carbonyl (C=O) groups is 1. The van der Waals surface area contributed by atoms with Crippen LogP contribution < -0.4 is 10.6 Å². The molecule has 4 rings (SSSR count). The van der Waals surface area contributed by atoms with Crippen LogP contribution in [0, 0.1) is 0 Å². The molecule has 0 atom stereocenters. The van der Waals surface area contributed by atoms with E-state index in [-0.39, 0.29) is 12.1 Å². The van der Waals surface area contributed by atoms with Gasteiger partial charge in [-0.25, -0.2) is 0 Å². The molecule has 39 heavy (non-hydrogen) atoms. The van der Waals surface area contributed by atoms with Gasteiger partial charge in [-0.1, -0.05) is 0 Å². The zero-order chi connectivity index (χ0) is 29.5.